The van der Waals surface area contributed by atoms with Gasteiger partial charge in [-0.2, -0.15) is 0 Å². The third kappa shape index (κ3) is 4.09. The van der Waals surface area contributed by atoms with Crippen LogP contribution in [-0.4, -0.2) is 28.1 Å². The van der Waals surface area contributed by atoms with Crippen molar-refractivity contribution in [3.05, 3.63) is 102 Å². The number of rotatable bonds is 6. The summed E-state index contributed by atoms with van der Waals surface area (Å²) in [5, 5.41) is 2.44. The molecule has 5 aromatic rings. The Morgan fingerprint density at radius 2 is 1.43 bits per heavy atom. The molecule has 0 atom stereocenters. The van der Waals surface area contributed by atoms with Crippen LogP contribution in [0.5, 0.6) is 0 Å². The molecule has 0 amide bonds. The first-order valence-electron chi connectivity index (χ1n) is 11.8. The average Bonchev–Trinajstić information content (AvgIpc) is 3.22. The number of furan rings is 1. The first-order valence-corrected chi connectivity index (χ1v) is 13.8. The van der Waals surface area contributed by atoms with Crippen LogP contribution in [0.3, 0.4) is 0 Å². The highest BCUT2D eigenvalue weighted by molar-refractivity contribution is 6.98. The largest absolute Gasteiger partial charge is 0.451 e. The predicted molar refractivity (Wildman–Crippen MR) is 142 cm³/mol. The molecule has 1 N–H and O–H groups in total. The Morgan fingerprint density at radius 1 is 0.857 bits per heavy atom. The van der Waals surface area contributed by atoms with Gasteiger partial charge in [-0.3, -0.25) is 4.98 Å². The Hall–Kier alpha value is -3.61. The topological polar surface area (TPSA) is 72.0 Å². The van der Waals surface area contributed by atoms with Crippen molar-refractivity contribution in [2.75, 3.05) is 0 Å². The molecule has 0 fully saturated rings. The molecular weight excluding hydrogens is 450 g/mol. The maximum absolute atomic E-state index is 12.7. The van der Waals surface area contributed by atoms with Crippen molar-refractivity contribution in [1.82, 2.24) is 15.0 Å². The van der Waals surface area contributed by atoms with E-state index >= 15 is 0 Å². The van der Waals surface area contributed by atoms with Crippen LogP contribution >= 0.6 is 0 Å². The SMILES string of the molecule is Cc1cc(C)nc(-c2oc3cnccc3c2CC(C)(C)[Si](O)(c2ccccc2)c2ccccc2)n1. The Bertz CT molecular complexity index is 1420. The second-order valence-corrected chi connectivity index (χ2v) is 13.7. The van der Waals surface area contributed by atoms with Gasteiger partial charge in [0, 0.05) is 28.5 Å². The molecule has 3 heterocycles. The normalized spacial score (nSPS) is 12.3. The van der Waals surface area contributed by atoms with Gasteiger partial charge in [-0.05, 0) is 47.8 Å². The predicted octanol–water partition coefficient (Wildman–Crippen LogP) is 4.98. The third-order valence-electron chi connectivity index (χ3n) is 6.76. The van der Waals surface area contributed by atoms with Crippen LogP contribution in [0, 0.1) is 13.8 Å². The van der Waals surface area contributed by atoms with Crippen molar-refractivity contribution in [2.24, 2.45) is 0 Å². The highest BCUT2D eigenvalue weighted by atomic mass is 28.4. The molecule has 176 valence electrons. The molecule has 0 aliphatic rings. The van der Waals surface area contributed by atoms with Gasteiger partial charge in [-0.25, -0.2) is 9.97 Å². The zero-order valence-corrected chi connectivity index (χ0v) is 21.5. The van der Waals surface area contributed by atoms with E-state index in [4.69, 9.17) is 14.4 Å². The Kier molecular flexibility index (Phi) is 5.87. The standard InChI is InChI=1S/C29H29N3O2Si/c1-20-17-21(2)32-28(31-20)27-25(24-15-16-30-19-26(24)34-27)18-29(3,4)35(33,22-11-7-5-8-12-22)23-13-9-6-10-14-23/h5-17,19,33H,18H2,1-4H3. The van der Waals surface area contributed by atoms with E-state index in [1.54, 1.807) is 12.4 Å². The minimum absolute atomic E-state index is 0.497. The summed E-state index contributed by atoms with van der Waals surface area (Å²) in [6, 6.07) is 24.1. The molecule has 0 radical (unpaired) electrons. The van der Waals surface area contributed by atoms with Gasteiger partial charge >= 0.3 is 0 Å². The molecule has 35 heavy (non-hydrogen) atoms. The fourth-order valence-corrected chi connectivity index (χ4v) is 8.74. The van der Waals surface area contributed by atoms with Gasteiger partial charge in [0.15, 0.2) is 17.2 Å². The van der Waals surface area contributed by atoms with Gasteiger partial charge < -0.3 is 9.21 Å². The molecule has 5 nitrogen and oxygen atoms in total. The first-order chi connectivity index (χ1) is 16.8. The average molecular weight is 480 g/mol. The van der Waals surface area contributed by atoms with E-state index in [1.165, 1.54) is 0 Å². The van der Waals surface area contributed by atoms with Crippen molar-refractivity contribution >= 4 is 29.7 Å². The molecule has 6 heteroatoms. The second kappa shape index (κ2) is 8.87. The lowest BCUT2D eigenvalue weighted by Gasteiger charge is -2.41. The molecule has 2 aromatic carbocycles. The smallest absolute Gasteiger partial charge is 0.258 e. The molecule has 0 saturated heterocycles. The summed E-state index contributed by atoms with van der Waals surface area (Å²) in [5.74, 6) is 1.21. The summed E-state index contributed by atoms with van der Waals surface area (Å²) in [5.41, 5.74) is 3.46. The molecule has 0 bridgehead atoms. The van der Waals surface area contributed by atoms with Crippen molar-refractivity contribution in [1.29, 1.82) is 0 Å². The molecule has 3 aromatic heterocycles. The lowest BCUT2D eigenvalue weighted by Crippen LogP contribution is -2.65. The molecule has 5 rings (SSSR count). The molecule has 0 unspecified atom stereocenters. The van der Waals surface area contributed by atoms with Gasteiger partial charge in [-0.1, -0.05) is 74.5 Å². The van der Waals surface area contributed by atoms with E-state index in [0.717, 1.165) is 32.7 Å². The minimum Gasteiger partial charge on any atom is -0.451 e. The second-order valence-electron chi connectivity index (χ2n) is 9.76. The number of nitrogens with zero attached hydrogens (tertiary/aromatic N) is 3. The van der Waals surface area contributed by atoms with Crippen LogP contribution in [0.15, 0.2) is 89.6 Å². The van der Waals surface area contributed by atoms with E-state index in [-0.39, 0.29) is 0 Å². The van der Waals surface area contributed by atoms with Gasteiger partial charge in [0.05, 0.1) is 6.20 Å². The van der Waals surface area contributed by atoms with E-state index in [9.17, 15) is 4.80 Å². The summed E-state index contributed by atoms with van der Waals surface area (Å²) in [4.78, 5) is 26.3. The van der Waals surface area contributed by atoms with E-state index in [1.807, 2.05) is 86.6 Å². The van der Waals surface area contributed by atoms with Crippen molar-refractivity contribution in [3.8, 4) is 11.6 Å². The lowest BCUT2D eigenvalue weighted by atomic mass is 9.99. The lowest BCUT2D eigenvalue weighted by molar-refractivity contribution is 0.483. The number of hydrogen-bond donors (Lipinski definition) is 1. The number of aromatic nitrogens is 3. The van der Waals surface area contributed by atoms with Crippen molar-refractivity contribution in [3.63, 3.8) is 0 Å². The molecule has 0 aliphatic carbocycles. The molecule has 0 saturated carbocycles. The molecule has 0 aliphatic heterocycles. The third-order valence-corrected chi connectivity index (χ3v) is 11.2. The fourth-order valence-electron chi connectivity index (χ4n) is 5.06. The monoisotopic (exact) mass is 479 g/mol. The zero-order chi connectivity index (χ0) is 24.6. The van der Waals surface area contributed by atoms with Crippen LogP contribution in [0.2, 0.25) is 5.04 Å². The summed E-state index contributed by atoms with van der Waals surface area (Å²) in [7, 11) is -3.22. The fraction of sp³-hybridized carbons (Fsp3) is 0.207. The Morgan fingerprint density at radius 3 is 2.00 bits per heavy atom. The summed E-state index contributed by atoms with van der Waals surface area (Å²) >= 11 is 0. The summed E-state index contributed by atoms with van der Waals surface area (Å²) < 4.78 is 6.31. The molecule has 0 spiro atoms. The van der Waals surface area contributed by atoms with E-state index in [0.29, 0.717) is 23.6 Å². The maximum Gasteiger partial charge on any atom is 0.258 e. The van der Waals surface area contributed by atoms with Gasteiger partial charge in [-0.15, -0.1) is 0 Å². The summed E-state index contributed by atoms with van der Waals surface area (Å²) in [6.45, 7) is 8.24. The molecular formula is C29H29N3O2Si. The van der Waals surface area contributed by atoms with Crippen LogP contribution in [0.4, 0.5) is 0 Å². The van der Waals surface area contributed by atoms with Crippen LogP contribution in [0.1, 0.15) is 30.8 Å². The first kappa shape index (κ1) is 23.1. The Labute approximate surface area is 206 Å². The highest BCUT2D eigenvalue weighted by Gasteiger charge is 2.50. The maximum atomic E-state index is 12.7. The summed E-state index contributed by atoms with van der Waals surface area (Å²) in [6.07, 6.45) is 4.09. The number of fused-ring (bicyclic) bond motifs is 1. The number of aryl methyl sites for hydroxylation is 2. The highest BCUT2D eigenvalue weighted by Crippen LogP contribution is 2.43. The Balaban J connectivity index is 1.71. The number of pyridine rings is 1. The van der Waals surface area contributed by atoms with Crippen LogP contribution in [0.25, 0.3) is 22.6 Å². The van der Waals surface area contributed by atoms with E-state index < -0.39 is 13.4 Å². The van der Waals surface area contributed by atoms with Crippen LogP contribution < -0.4 is 10.4 Å². The van der Waals surface area contributed by atoms with Gasteiger partial charge in [0.2, 0.25) is 0 Å². The quantitative estimate of drug-likeness (QED) is 0.348. The number of benzene rings is 2. The minimum atomic E-state index is -3.22. The van der Waals surface area contributed by atoms with E-state index in [2.05, 4.69) is 18.8 Å². The van der Waals surface area contributed by atoms with Crippen molar-refractivity contribution in [2.45, 2.75) is 39.2 Å². The van der Waals surface area contributed by atoms with Crippen molar-refractivity contribution < 1.29 is 9.21 Å². The van der Waals surface area contributed by atoms with Gasteiger partial charge in [0.1, 0.15) is 0 Å². The van der Waals surface area contributed by atoms with Crippen LogP contribution in [-0.2, 0) is 6.42 Å². The zero-order valence-electron chi connectivity index (χ0n) is 20.5. The van der Waals surface area contributed by atoms with Gasteiger partial charge in [0.25, 0.3) is 8.32 Å². The number of hydrogen-bond acceptors (Lipinski definition) is 5.